The second kappa shape index (κ2) is 6.11. The highest BCUT2D eigenvalue weighted by molar-refractivity contribution is 7.99. The molecule has 0 saturated carbocycles. The van der Waals surface area contributed by atoms with Crippen LogP contribution in [0.1, 0.15) is 24.4 Å². The molecule has 5 heteroatoms. The number of hydrogen-bond acceptors (Lipinski definition) is 4. The molecule has 2 unspecified atom stereocenters. The molecule has 2 rings (SSSR count). The zero-order chi connectivity index (χ0) is 13.0. The molecule has 0 radical (unpaired) electrons. The van der Waals surface area contributed by atoms with Gasteiger partial charge < -0.3 is 15.6 Å². The quantitative estimate of drug-likeness (QED) is 0.873. The van der Waals surface area contributed by atoms with E-state index in [4.69, 9.17) is 15.6 Å². The van der Waals surface area contributed by atoms with Crippen molar-refractivity contribution in [2.24, 2.45) is 5.73 Å². The Morgan fingerprint density at radius 1 is 1.50 bits per heavy atom. The van der Waals surface area contributed by atoms with Gasteiger partial charge in [0.25, 0.3) is 0 Å². The summed E-state index contributed by atoms with van der Waals surface area (Å²) in [5.74, 6) is 1.69. The van der Waals surface area contributed by atoms with E-state index < -0.39 is 12.0 Å². The van der Waals surface area contributed by atoms with E-state index in [0.717, 1.165) is 18.6 Å². The number of hydrogen-bond donors (Lipinski definition) is 2. The summed E-state index contributed by atoms with van der Waals surface area (Å²) in [5, 5.41) is 8.98. The Morgan fingerprint density at radius 3 is 2.94 bits per heavy atom. The molecular weight excluding hydrogens is 250 g/mol. The lowest BCUT2D eigenvalue weighted by Crippen LogP contribution is -2.26. The Balaban J connectivity index is 2.13. The van der Waals surface area contributed by atoms with Crippen LogP contribution in [0.25, 0.3) is 0 Å². The van der Waals surface area contributed by atoms with E-state index in [-0.39, 0.29) is 6.10 Å². The average Bonchev–Trinajstić information content (AvgIpc) is 2.39. The molecule has 98 valence electrons. The summed E-state index contributed by atoms with van der Waals surface area (Å²) >= 11 is 1.87. The van der Waals surface area contributed by atoms with Crippen molar-refractivity contribution in [1.29, 1.82) is 0 Å². The summed E-state index contributed by atoms with van der Waals surface area (Å²) in [4.78, 5) is 11.0. The molecule has 1 aliphatic heterocycles. The standard InChI is InChI=1S/C13H17NO3S/c14-12(13(15)16)10-5-1-2-6-11(10)17-9-4-3-7-18-8-9/h1-2,5-6,9,12H,3-4,7-8,14H2,(H,15,16). The minimum Gasteiger partial charge on any atom is -0.489 e. The van der Waals surface area contributed by atoms with Gasteiger partial charge in [-0.25, -0.2) is 0 Å². The van der Waals surface area contributed by atoms with Crippen LogP contribution >= 0.6 is 11.8 Å². The van der Waals surface area contributed by atoms with Gasteiger partial charge in [0.2, 0.25) is 0 Å². The van der Waals surface area contributed by atoms with E-state index in [0.29, 0.717) is 11.3 Å². The summed E-state index contributed by atoms with van der Waals surface area (Å²) in [5.41, 5.74) is 6.20. The van der Waals surface area contributed by atoms with Gasteiger partial charge in [0, 0.05) is 11.3 Å². The number of carbonyl (C=O) groups is 1. The Hall–Kier alpha value is -1.20. The van der Waals surface area contributed by atoms with Crippen LogP contribution in [0, 0.1) is 0 Å². The third-order valence-electron chi connectivity index (χ3n) is 2.93. The van der Waals surface area contributed by atoms with Crippen LogP contribution in [0.15, 0.2) is 24.3 Å². The van der Waals surface area contributed by atoms with Crippen LogP contribution in [0.5, 0.6) is 5.75 Å². The molecule has 1 aromatic carbocycles. The molecule has 1 heterocycles. The van der Waals surface area contributed by atoms with Gasteiger partial charge in [-0.1, -0.05) is 18.2 Å². The molecule has 3 N–H and O–H groups in total. The first-order valence-corrected chi connectivity index (χ1v) is 7.15. The first-order chi connectivity index (χ1) is 8.68. The Labute approximate surface area is 111 Å². The van der Waals surface area contributed by atoms with Crippen molar-refractivity contribution in [2.45, 2.75) is 25.0 Å². The molecule has 18 heavy (non-hydrogen) atoms. The van der Waals surface area contributed by atoms with Crippen molar-refractivity contribution in [3.63, 3.8) is 0 Å². The zero-order valence-electron chi connectivity index (χ0n) is 10.0. The number of thioether (sulfide) groups is 1. The molecule has 1 saturated heterocycles. The largest absolute Gasteiger partial charge is 0.489 e. The van der Waals surface area contributed by atoms with Gasteiger partial charge in [-0.2, -0.15) is 11.8 Å². The number of para-hydroxylation sites is 1. The SMILES string of the molecule is NC(C(=O)O)c1ccccc1OC1CCCSC1. The van der Waals surface area contributed by atoms with Crippen molar-refractivity contribution in [2.75, 3.05) is 11.5 Å². The van der Waals surface area contributed by atoms with Crippen molar-refractivity contribution >= 4 is 17.7 Å². The third-order valence-corrected chi connectivity index (χ3v) is 4.12. The molecular formula is C13H17NO3S. The second-order valence-electron chi connectivity index (χ2n) is 4.31. The molecule has 4 nitrogen and oxygen atoms in total. The van der Waals surface area contributed by atoms with Gasteiger partial charge >= 0.3 is 5.97 Å². The minimum absolute atomic E-state index is 0.158. The molecule has 0 aromatic heterocycles. The van der Waals surface area contributed by atoms with Gasteiger partial charge in [-0.05, 0) is 24.7 Å². The lowest BCUT2D eigenvalue weighted by molar-refractivity contribution is -0.138. The van der Waals surface area contributed by atoms with E-state index in [1.165, 1.54) is 5.75 Å². The maximum absolute atomic E-state index is 11.0. The predicted octanol–water partition coefficient (Wildman–Crippen LogP) is 2.05. The van der Waals surface area contributed by atoms with Gasteiger partial charge in [0.1, 0.15) is 17.9 Å². The van der Waals surface area contributed by atoms with Gasteiger partial charge in [0.05, 0.1) is 0 Å². The molecule has 2 atom stereocenters. The highest BCUT2D eigenvalue weighted by Gasteiger charge is 2.21. The Bertz CT molecular complexity index is 418. The van der Waals surface area contributed by atoms with Gasteiger partial charge in [0.15, 0.2) is 0 Å². The summed E-state index contributed by atoms with van der Waals surface area (Å²) in [7, 11) is 0. The van der Waals surface area contributed by atoms with E-state index in [1.54, 1.807) is 18.2 Å². The minimum atomic E-state index is -1.04. The molecule has 0 bridgehead atoms. The Morgan fingerprint density at radius 2 is 2.28 bits per heavy atom. The van der Waals surface area contributed by atoms with E-state index in [2.05, 4.69) is 0 Å². The van der Waals surface area contributed by atoms with E-state index in [9.17, 15) is 4.79 Å². The fourth-order valence-corrected chi connectivity index (χ4v) is 3.00. The summed E-state index contributed by atoms with van der Waals surface area (Å²) in [6, 6.07) is 6.09. The zero-order valence-corrected chi connectivity index (χ0v) is 10.9. The smallest absolute Gasteiger partial charge is 0.325 e. The fourth-order valence-electron chi connectivity index (χ4n) is 1.96. The van der Waals surface area contributed by atoms with Crippen molar-refractivity contribution in [3.8, 4) is 5.75 Å². The number of rotatable bonds is 4. The summed E-state index contributed by atoms with van der Waals surface area (Å²) < 4.78 is 5.89. The average molecular weight is 267 g/mol. The second-order valence-corrected chi connectivity index (χ2v) is 5.46. The van der Waals surface area contributed by atoms with Gasteiger partial charge in [-0.3, -0.25) is 4.79 Å². The highest BCUT2D eigenvalue weighted by atomic mass is 32.2. The molecule has 0 spiro atoms. The number of benzene rings is 1. The van der Waals surface area contributed by atoms with Crippen LogP contribution in [-0.4, -0.2) is 28.7 Å². The number of carboxylic acids is 1. The maximum atomic E-state index is 11.0. The van der Waals surface area contributed by atoms with E-state index in [1.807, 2.05) is 17.8 Å². The van der Waals surface area contributed by atoms with Crippen LogP contribution in [0.3, 0.4) is 0 Å². The van der Waals surface area contributed by atoms with Crippen LogP contribution < -0.4 is 10.5 Å². The molecule has 1 fully saturated rings. The third kappa shape index (κ3) is 3.17. The first-order valence-electron chi connectivity index (χ1n) is 6.00. The first kappa shape index (κ1) is 13.2. The molecule has 1 aromatic rings. The maximum Gasteiger partial charge on any atom is 0.325 e. The lowest BCUT2D eigenvalue weighted by atomic mass is 10.1. The Kier molecular flexibility index (Phi) is 4.49. The number of ether oxygens (including phenoxy) is 1. The van der Waals surface area contributed by atoms with Crippen molar-refractivity contribution < 1.29 is 14.6 Å². The topological polar surface area (TPSA) is 72.6 Å². The molecule has 0 amide bonds. The summed E-state index contributed by atoms with van der Waals surface area (Å²) in [6.07, 6.45) is 2.32. The van der Waals surface area contributed by atoms with Crippen LogP contribution in [0.2, 0.25) is 0 Å². The molecule has 1 aliphatic rings. The van der Waals surface area contributed by atoms with Crippen LogP contribution in [-0.2, 0) is 4.79 Å². The normalized spacial score (nSPS) is 21.3. The van der Waals surface area contributed by atoms with Crippen molar-refractivity contribution in [3.05, 3.63) is 29.8 Å². The van der Waals surface area contributed by atoms with Crippen LogP contribution in [0.4, 0.5) is 0 Å². The molecule has 0 aliphatic carbocycles. The number of nitrogens with two attached hydrogens (primary N) is 1. The number of aliphatic carboxylic acids is 1. The summed E-state index contributed by atoms with van der Waals surface area (Å²) in [6.45, 7) is 0. The highest BCUT2D eigenvalue weighted by Crippen LogP contribution is 2.28. The monoisotopic (exact) mass is 267 g/mol. The fraction of sp³-hybridized carbons (Fsp3) is 0.462. The van der Waals surface area contributed by atoms with Gasteiger partial charge in [-0.15, -0.1) is 0 Å². The van der Waals surface area contributed by atoms with Crippen molar-refractivity contribution in [1.82, 2.24) is 0 Å². The van der Waals surface area contributed by atoms with E-state index >= 15 is 0 Å². The predicted molar refractivity (Wildman–Crippen MR) is 72.0 cm³/mol. The number of carboxylic acid groups (broad SMARTS) is 1. The lowest BCUT2D eigenvalue weighted by Gasteiger charge is -2.24.